The molecule has 1 aromatic heterocycles. The first kappa shape index (κ1) is 17.1. The van der Waals surface area contributed by atoms with Crippen LogP contribution in [0.25, 0.3) is 0 Å². The topological polar surface area (TPSA) is 95.9 Å². The summed E-state index contributed by atoms with van der Waals surface area (Å²) < 4.78 is 6.14. The van der Waals surface area contributed by atoms with E-state index < -0.39 is 0 Å². The van der Waals surface area contributed by atoms with Gasteiger partial charge in [-0.2, -0.15) is 0 Å². The van der Waals surface area contributed by atoms with Crippen molar-refractivity contribution >= 4 is 28.8 Å². The molecular weight excluding hydrogens is 332 g/mol. The van der Waals surface area contributed by atoms with Crippen molar-refractivity contribution in [1.29, 1.82) is 0 Å². The number of carbonyl (C=O) groups is 2. The van der Waals surface area contributed by atoms with E-state index in [4.69, 9.17) is 14.6 Å². The van der Waals surface area contributed by atoms with E-state index in [1.54, 1.807) is 16.8 Å². The van der Waals surface area contributed by atoms with Gasteiger partial charge in [-0.15, -0.1) is 10.2 Å². The van der Waals surface area contributed by atoms with Crippen LogP contribution < -0.4 is 4.90 Å². The zero-order valence-corrected chi connectivity index (χ0v) is 14.3. The van der Waals surface area contributed by atoms with Gasteiger partial charge in [0.25, 0.3) is 6.47 Å². The summed E-state index contributed by atoms with van der Waals surface area (Å²) in [6.45, 7) is 3.70. The lowest BCUT2D eigenvalue weighted by Gasteiger charge is -2.48. The number of hydrogen-bond acceptors (Lipinski definition) is 7. The second-order valence-corrected chi connectivity index (χ2v) is 7.23. The smallest absolute Gasteiger partial charge is 0.290 e. The van der Waals surface area contributed by atoms with Crippen molar-refractivity contribution in [3.8, 4) is 0 Å². The molecule has 1 saturated carbocycles. The molecule has 1 aliphatic carbocycles. The van der Waals surface area contributed by atoms with Gasteiger partial charge in [-0.1, -0.05) is 11.3 Å². The van der Waals surface area contributed by atoms with Crippen LogP contribution in [-0.2, 0) is 14.3 Å². The molecule has 0 aromatic carbocycles. The molecule has 3 aliphatic rings. The highest BCUT2D eigenvalue weighted by Crippen LogP contribution is 2.35. The third-order valence-corrected chi connectivity index (χ3v) is 5.40. The van der Waals surface area contributed by atoms with E-state index in [0.29, 0.717) is 18.4 Å². The molecule has 132 valence electrons. The Morgan fingerprint density at radius 2 is 2.21 bits per heavy atom. The number of nitrogens with zero attached hydrogens (tertiary/aromatic N) is 4. The van der Waals surface area contributed by atoms with Crippen LogP contribution in [0, 0.1) is 5.92 Å². The first-order valence-corrected chi connectivity index (χ1v) is 9.07. The molecule has 1 atom stereocenters. The lowest BCUT2D eigenvalue weighted by Crippen LogP contribution is -2.61. The highest BCUT2D eigenvalue weighted by Gasteiger charge is 2.44. The Morgan fingerprint density at radius 1 is 1.42 bits per heavy atom. The van der Waals surface area contributed by atoms with Crippen molar-refractivity contribution < 1.29 is 19.4 Å². The summed E-state index contributed by atoms with van der Waals surface area (Å²) in [5.41, 5.74) is 1.55. The fraction of sp³-hybridized carbons (Fsp3) is 0.733. The lowest BCUT2D eigenvalue weighted by atomic mass is 9.91. The van der Waals surface area contributed by atoms with Crippen molar-refractivity contribution in [2.75, 3.05) is 37.7 Å². The largest absolute Gasteiger partial charge is 0.483 e. The van der Waals surface area contributed by atoms with Gasteiger partial charge in [0.1, 0.15) is 11.1 Å². The van der Waals surface area contributed by atoms with Gasteiger partial charge in [-0.25, -0.2) is 0 Å². The highest BCUT2D eigenvalue weighted by atomic mass is 32.1. The summed E-state index contributed by atoms with van der Waals surface area (Å²) in [4.78, 5) is 25.0. The number of carboxylic acid groups (broad SMARTS) is 1. The number of carbonyl (C=O) groups excluding carboxylic acids is 1. The van der Waals surface area contributed by atoms with Gasteiger partial charge in [-0.05, 0) is 25.7 Å². The van der Waals surface area contributed by atoms with E-state index in [9.17, 15) is 4.79 Å². The number of hydrogen-bond donors (Lipinski definition) is 1. The average molecular weight is 354 g/mol. The van der Waals surface area contributed by atoms with Crippen LogP contribution in [0.5, 0.6) is 0 Å². The van der Waals surface area contributed by atoms with Crippen molar-refractivity contribution in [1.82, 2.24) is 15.1 Å². The average Bonchev–Trinajstić information content (AvgIpc) is 3.29. The van der Waals surface area contributed by atoms with Crippen LogP contribution in [-0.4, -0.2) is 71.0 Å². The summed E-state index contributed by atoms with van der Waals surface area (Å²) >= 11 is 1.57. The van der Waals surface area contributed by atoms with E-state index in [-0.39, 0.29) is 12.1 Å². The molecule has 1 amide bonds. The fourth-order valence-corrected chi connectivity index (χ4v) is 4.02. The molecular formula is C15H22N4O4S. The maximum Gasteiger partial charge on any atom is 0.290 e. The zero-order chi connectivity index (χ0) is 17.0. The second-order valence-electron chi connectivity index (χ2n) is 6.42. The molecule has 0 bridgehead atoms. The normalized spacial score (nSPS) is 26.7. The molecule has 3 heterocycles. The lowest BCUT2D eigenvalue weighted by molar-refractivity contribution is -0.153. The number of aromatic nitrogens is 2. The quantitative estimate of drug-likeness (QED) is 0.787. The van der Waals surface area contributed by atoms with E-state index in [1.807, 2.05) is 4.90 Å². The van der Waals surface area contributed by atoms with Crippen LogP contribution in [0.3, 0.4) is 0 Å². The third kappa shape index (κ3) is 3.84. The van der Waals surface area contributed by atoms with E-state index >= 15 is 0 Å². The predicted octanol–water partition coefficient (Wildman–Crippen LogP) is 0.847. The number of amides is 1. The SMILES string of the molecule is O=C(C1CC1)N1CCOC2(CCCN(c3nncs3)C2)C1.O=CO. The summed E-state index contributed by atoms with van der Waals surface area (Å²) in [5, 5.41) is 15.9. The predicted molar refractivity (Wildman–Crippen MR) is 88.0 cm³/mol. The minimum atomic E-state index is -0.250. The van der Waals surface area contributed by atoms with Crippen LogP contribution in [0.2, 0.25) is 0 Å². The maximum absolute atomic E-state index is 12.3. The Morgan fingerprint density at radius 3 is 2.88 bits per heavy atom. The van der Waals surface area contributed by atoms with Crippen LogP contribution >= 0.6 is 11.3 Å². The Kier molecular flexibility index (Phi) is 5.30. The van der Waals surface area contributed by atoms with Gasteiger partial charge in [0.05, 0.1) is 19.7 Å². The number of anilines is 1. The third-order valence-electron chi connectivity index (χ3n) is 4.65. The number of morpholine rings is 1. The van der Waals surface area contributed by atoms with Gasteiger partial charge in [-0.3, -0.25) is 9.59 Å². The van der Waals surface area contributed by atoms with Gasteiger partial charge in [0, 0.05) is 19.0 Å². The molecule has 8 nitrogen and oxygen atoms in total. The van der Waals surface area contributed by atoms with Crippen molar-refractivity contribution in [2.24, 2.45) is 5.92 Å². The van der Waals surface area contributed by atoms with Crippen molar-refractivity contribution in [3.63, 3.8) is 0 Å². The molecule has 4 rings (SSSR count). The summed E-state index contributed by atoms with van der Waals surface area (Å²) in [6, 6.07) is 0. The first-order chi connectivity index (χ1) is 11.7. The first-order valence-electron chi connectivity index (χ1n) is 8.19. The van der Waals surface area contributed by atoms with Crippen molar-refractivity contribution in [2.45, 2.75) is 31.3 Å². The standard InChI is InChI=1S/C14H20N4O2S.CH2O2/c19-12(11-2-3-11)17-6-7-20-14(8-17)4-1-5-18(9-14)13-16-15-10-21-13;2-1-3/h10-11H,1-9H2;1H,(H,2,3). The molecule has 1 spiro atoms. The molecule has 1 unspecified atom stereocenters. The fourth-order valence-electron chi connectivity index (χ4n) is 3.43. The van der Waals surface area contributed by atoms with Gasteiger partial charge in [0.2, 0.25) is 11.0 Å². The van der Waals surface area contributed by atoms with E-state index in [2.05, 4.69) is 15.1 Å². The zero-order valence-electron chi connectivity index (χ0n) is 13.5. The minimum absolute atomic E-state index is 0.216. The van der Waals surface area contributed by atoms with E-state index in [1.165, 1.54) is 0 Å². The Balaban J connectivity index is 0.000000526. The molecule has 1 aromatic rings. The molecule has 3 fully saturated rings. The summed E-state index contributed by atoms with van der Waals surface area (Å²) in [7, 11) is 0. The molecule has 2 aliphatic heterocycles. The van der Waals surface area contributed by atoms with Crippen LogP contribution in [0.15, 0.2) is 5.51 Å². The Labute approximate surface area is 144 Å². The van der Waals surface area contributed by atoms with Crippen LogP contribution in [0.4, 0.5) is 5.13 Å². The monoisotopic (exact) mass is 354 g/mol. The molecule has 9 heteroatoms. The Hall–Kier alpha value is -1.74. The van der Waals surface area contributed by atoms with Gasteiger partial charge >= 0.3 is 0 Å². The van der Waals surface area contributed by atoms with Gasteiger partial charge < -0.3 is 19.6 Å². The maximum atomic E-state index is 12.3. The van der Waals surface area contributed by atoms with E-state index in [0.717, 1.165) is 57.0 Å². The Bertz CT molecular complexity index is 562. The molecule has 2 saturated heterocycles. The number of rotatable bonds is 2. The van der Waals surface area contributed by atoms with Gasteiger partial charge in [0.15, 0.2) is 0 Å². The molecule has 24 heavy (non-hydrogen) atoms. The number of piperidine rings is 1. The minimum Gasteiger partial charge on any atom is -0.483 e. The summed E-state index contributed by atoms with van der Waals surface area (Å²) in [5.74, 6) is 0.633. The molecule has 1 N–H and O–H groups in total. The van der Waals surface area contributed by atoms with Crippen molar-refractivity contribution in [3.05, 3.63) is 5.51 Å². The summed E-state index contributed by atoms with van der Waals surface area (Å²) in [6.07, 6.45) is 4.24. The highest BCUT2D eigenvalue weighted by molar-refractivity contribution is 7.13. The number of ether oxygens (including phenoxy) is 1. The van der Waals surface area contributed by atoms with Crippen LogP contribution in [0.1, 0.15) is 25.7 Å². The molecule has 0 radical (unpaired) electrons. The second kappa shape index (κ2) is 7.43.